The first-order valence-corrected chi connectivity index (χ1v) is 13.5. The Bertz CT molecular complexity index is 1370. The monoisotopic (exact) mass is 546 g/mol. The van der Waals surface area contributed by atoms with Crippen molar-refractivity contribution in [2.45, 2.75) is 58.0 Å². The van der Waals surface area contributed by atoms with Crippen molar-refractivity contribution < 1.29 is 14.4 Å². The zero-order chi connectivity index (χ0) is 28.2. The zero-order valence-corrected chi connectivity index (χ0v) is 23.5. The van der Waals surface area contributed by atoms with Gasteiger partial charge in [0.15, 0.2) is 0 Å². The highest BCUT2D eigenvalue weighted by Gasteiger charge is 2.37. The first kappa shape index (κ1) is 28.2. The Morgan fingerprint density at radius 3 is 2.46 bits per heavy atom. The van der Waals surface area contributed by atoms with E-state index in [0.717, 1.165) is 23.1 Å². The average molecular weight is 547 g/mol. The molecule has 7 nitrogen and oxygen atoms in total. The molecule has 0 bridgehead atoms. The summed E-state index contributed by atoms with van der Waals surface area (Å²) in [6.07, 6.45) is 1.14. The van der Waals surface area contributed by atoms with E-state index in [-0.39, 0.29) is 24.3 Å². The van der Waals surface area contributed by atoms with Crippen molar-refractivity contribution in [3.05, 3.63) is 94.5 Å². The molecule has 1 aliphatic heterocycles. The van der Waals surface area contributed by atoms with Crippen LogP contribution in [0.15, 0.2) is 72.8 Å². The van der Waals surface area contributed by atoms with E-state index in [9.17, 15) is 14.4 Å². The maximum Gasteiger partial charge on any atom is 0.319 e. The number of nitrogens with one attached hydrogen (secondary N) is 3. The van der Waals surface area contributed by atoms with Gasteiger partial charge in [-0.3, -0.25) is 9.59 Å². The number of fused-ring (bicyclic) bond motifs is 1. The minimum Gasteiger partial charge on any atom is -0.350 e. The van der Waals surface area contributed by atoms with Gasteiger partial charge in [0.05, 0.1) is 0 Å². The lowest BCUT2D eigenvalue weighted by atomic mass is 9.86. The van der Waals surface area contributed by atoms with Gasteiger partial charge in [-0.15, -0.1) is 0 Å². The topological polar surface area (TPSA) is 90.5 Å². The van der Waals surface area contributed by atoms with Gasteiger partial charge in [-0.05, 0) is 80.6 Å². The molecular formula is C31H35ClN4O3. The molecule has 0 radical (unpaired) electrons. The number of anilines is 2. The van der Waals surface area contributed by atoms with E-state index in [0.29, 0.717) is 22.8 Å². The fraction of sp³-hybridized carbons (Fsp3) is 0.323. The van der Waals surface area contributed by atoms with E-state index in [1.165, 1.54) is 4.90 Å². The summed E-state index contributed by atoms with van der Waals surface area (Å²) in [5.74, 6) is -0.881. The predicted molar refractivity (Wildman–Crippen MR) is 156 cm³/mol. The number of halogens is 1. The molecule has 1 aliphatic rings. The van der Waals surface area contributed by atoms with Crippen LogP contribution in [-0.2, 0) is 16.0 Å². The Morgan fingerprint density at radius 2 is 1.74 bits per heavy atom. The number of hydrogen-bond donors (Lipinski definition) is 3. The molecule has 2 unspecified atom stereocenters. The van der Waals surface area contributed by atoms with Crippen LogP contribution >= 0.6 is 11.6 Å². The fourth-order valence-electron chi connectivity index (χ4n) is 4.92. The molecule has 0 fully saturated rings. The average Bonchev–Trinajstić information content (AvgIpc) is 2.98. The molecule has 8 heteroatoms. The van der Waals surface area contributed by atoms with Crippen molar-refractivity contribution in [1.82, 2.24) is 10.6 Å². The van der Waals surface area contributed by atoms with Crippen LogP contribution in [0.3, 0.4) is 0 Å². The summed E-state index contributed by atoms with van der Waals surface area (Å²) in [4.78, 5) is 41.6. The zero-order valence-electron chi connectivity index (χ0n) is 22.8. The van der Waals surface area contributed by atoms with Gasteiger partial charge in [0.25, 0.3) is 0 Å². The molecule has 0 saturated heterocycles. The van der Waals surface area contributed by atoms with Crippen molar-refractivity contribution in [2.24, 2.45) is 0 Å². The molecule has 3 N–H and O–H groups in total. The molecule has 3 aromatic carbocycles. The summed E-state index contributed by atoms with van der Waals surface area (Å²) in [5, 5.41) is 9.27. The van der Waals surface area contributed by atoms with Crippen molar-refractivity contribution in [1.29, 1.82) is 0 Å². The Kier molecular flexibility index (Phi) is 8.60. The van der Waals surface area contributed by atoms with Crippen LogP contribution in [0.5, 0.6) is 0 Å². The van der Waals surface area contributed by atoms with E-state index in [2.05, 4.69) is 16.0 Å². The molecule has 39 heavy (non-hydrogen) atoms. The second-order valence-electron chi connectivity index (χ2n) is 10.8. The van der Waals surface area contributed by atoms with Crippen LogP contribution in [0.1, 0.15) is 56.7 Å². The molecule has 4 rings (SSSR count). The number of hydrogen-bond acceptors (Lipinski definition) is 3. The molecule has 0 aliphatic carbocycles. The molecule has 3 aromatic rings. The number of benzene rings is 3. The van der Waals surface area contributed by atoms with Crippen molar-refractivity contribution >= 4 is 40.8 Å². The third kappa shape index (κ3) is 7.18. The van der Waals surface area contributed by atoms with Gasteiger partial charge in [-0.1, -0.05) is 61.0 Å². The number of urea groups is 1. The molecular weight excluding hydrogens is 512 g/mol. The van der Waals surface area contributed by atoms with Crippen LogP contribution < -0.4 is 20.9 Å². The smallest absolute Gasteiger partial charge is 0.319 e. The highest BCUT2D eigenvalue weighted by atomic mass is 35.5. The number of carbonyl (C=O) groups excluding carboxylic acids is 3. The summed E-state index contributed by atoms with van der Waals surface area (Å²) in [6, 6.07) is 21.3. The third-order valence-electron chi connectivity index (χ3n) is 6.60. The van der Waals surface area contributed by atoms with Crippen LogP contribution in [-0.4, -0.2) is 36.0 Å². The number of carbonyl (C=O) groups is 3. The van der Waals surface area contributed by atoms with Crippen molar-refractivity contribution in [2.75, 3.05) is 16.8 Å². The largest absolute Gasteiger partial charge is 0.350 e. The maximum absolute atomic E-state index is 14.0. The first-order chi connectivity index (χ1) is 18.5. The highest BCUT2D eigenvalue weighted by molar-refractivity contribution is 6.30. The van der Waals surface area contributed by atoms with Gasteiger partial charge >= 0.3 is 6.03 Å². The number of aryl methyl sites for hydroxylation is 1. The van der Waals surface area contributed by atoms with Crippen LogP contribution in [0.25, 0.3) is 0 Å². The van der Waals surface area contributed by atoms with Gasteiger partial charge in [0.2, 0.25) is 11.8 Å². The summed E-state index contributed by atoms with van der Waals surface area (Å²) < 4.78 is 0. The second-order valence-corrected chi connectivity index (χ2v) is 11.3. The fourth-order valence-corrected chi connectivity index (χ4v) is 5.12. The van der Waals surface area contributed by atoms with Gasteiger partial charge in [0.1, 0.15) is 12.6 Å². The van der Waals surface area contributed by atoms with Crippen molar-refractivity contribution in [3.8, 4) is 0 Å². The van der Waals surface area contributed by atoms with Crippen LogP contribution in [0, 0.1) is 0 Å². The Hall–Kier alpha value is -3.84. The highest BCUT2D eigenvalue weighted by Crippen LogP contribution is 2.39. The maximum atomic E-state index is 14.0. The summed E-state index contributed by atoms with van der Waals surface area (Å²) in [7, 11) is 0. The molecule has 2 atom stereocenters. The van der Waals surface area contributed by atoms with E-state index < -0.39 is 17.6 Å². The van der Waals surface area contributed by atoms with E-state index in [4.69, 9.17) is 11.6 Å². The van der Waals surface area contributed by atoms with Gasteiger partial charge in [-0.2, -0.15) is 0 Å². The summed E-state index contributed by atoms with van der Waals surface area (Å²) >= 11 is 6.35. The molecule has 0 saturated carbocycles. The molecule has 204 valence electrons. The molecule has 4 amide bonds. The van der Waals surface area contributed by atoms with Gasteiger partial charge < -0.3 is 20.9 Å². The Balaban J connectivity index is 1.70. The lowest BCUT2D eigenvalue weighted by Gasteiger charge is -2.28. The normalized spacial score (nSPS) is 17.2. The van der Waals surface area contributed by atoms with E-state index >= 15 is 0 Å². The summed E-state index contributed by atoms with van der Waals surface area (Å²) in [6.45, 7) is 7.54. The van der Waals surface area contributed by atoms with E-state index in [1.54, 1.807) is 12.1 Å². The van der Waals surface area contributed by atoms with Crippen molar-refractivity contribution in [3.63, 3.8) is 0 Å². The second kappa shape index (κ2) is 11.9. The minimum atomic E-state index is -0.891. The molecule has 0 aromatic heterocycles. The number of nitrogens with zero attached hydrogens (tertiary/aromatic N) is 1. The lowest BCUT2D eigenvalue weighted by Crippen LogP contribution is -2.53. The predicted octanol–water partition coefficient (Wildman–Crippen LogP) is 5.88. The van der Waals surface area contributed by atoms with Gasteiger partial charge in [-0.25, -0.2) is 4.79 Å². The quantitative estimate of drug-likeness (QED) is 0.361. The lowest BCUT2D eigenvalue weighted by molar-refractivity contribution is -0.125. The van der Waals surface area contributed by atoms with E-state index in [1.807, 2.05) is 88.4 Å². The minimum absolute atomic E-state index is 0.173. The molecule has 0 spiro atoms. The van der Waals surface area contributed by atoms with Gasteiger partial charge in [0, 0.05) is 27.9 Å². The SMILES string of the molecule is CCc1cccc(NC(=O)NC2CC(c3cccc(Cl)c3)c3ccccc3N(CC(=O)NC(C)(C)C)C2=O)c1. The van der Waals surface area contributed by atoms with Crippen LogP contribution in [0.4, 0.5) is 16.2 Å². The standard InChI is InChI=1S/C31H35ClN4O3/c1-5-20-10-8-13-23(16-20)33-30(39)34-26-18-25(21-11-9-12-22(32)17-21)24-14-6-7-15-27(24)36(29(26)38)19-28(37)35-31(2,3)4/h6-17,25-26H,5,18-19H2,1-4H3,(H,35,37)(H2,33,34,39). The van der Waals surface area contributed by atoms with Crippen LogP contribution in [0.2, 0.25) is 5.02 Å². The molecule has 1 heterocycles. The number of para-hydroxylation sites is 1. The Morgan fingerprint density at radius 1 is 1.00 bits per heavy atom. The third-order valence-corrected chi connectivity index (χ3v) is 6.84. The number of rotatable bonds is 6. The first-order valence-electron chi connectivity index (χ1n) is 13.2. The Labute approximate surface area is 234 Å². The summed E-state index contributed by atoms with van der Waals surface area (Å²) in [5.41, 5.74) is 3.72. The number of amides is 4.